The number of hydrazine groups is 1. The van der Waals surface area contributed by atoms with Gasteiger partial charge in [-0.15, -0.1) is 0 Å². The molecule has 0 spiro atoms. The molecule has 29 heavy (non-hydrogen) atoms. The van der Waals surface area contributed by atoms with Crippen LogP contribution in [0.25, 0.3) is 0 Å². The second kappa shape index (κ2) is 10.4. The Kier molecular flexibility index (Phi) is 8.17. The molecule has 0 aromatic heterocycles. The number of nitrogens with one attached hydrogen (secondary N) is 3. The molecule has 3 rings (SSSR count). The van der Waals surface area contributed by atoms with Crippen molar-refractivity contribution in [2.24, 2.45) is 17.3 Å². The second-order valence-corrected chi connectivity index (χ2v) is 10.9. The van der Waals surface area contributed by atoms with Gasteiger partial charge in [-0.2, -0.15) is 0 Å². The quantitative estimate of drug-likeness (QED) is 0.479. The summed E-state index contributed by atoms with van der Waals surface area (Å²) in [6.45, 7) is 10.9. The van der Waals surface area contributed by atoms with Crippen LogP contribution >= 0.6 is 0 Å². The van der Waals surface area contributed by atoms with Gasteiger partial charge in [0.2, 0.25) is 0 Å². The lowest BCUT2D eigenvalue weighted by Gasteiger charge is -2.45. The molecular formula is C24H44N4O. The van der Waals surface area contributed by atoms with Crippen molar-refractivity contribution >= 4 is 5.91 Å². The van der Waals surface area contributed by atoms with Crippen molar-refractivity contribution in [1.29, 1.82) is 0 Å². The number of rotatable bonds is 5. The maximum absolute atomic E-state index is 13.3. The van der Waals surface area contributed by atoms with E-state index in [4.69, 9.17) is 0 Å². The highest BCUT2D eigenvalue weighted by molar-refractivity contribution is 5.81. The number of allylic oxidation sites excluding steroid dienone is 2. The summed E-state index contributed by atoms with van der Waals surface area (Å²) in [6.07, 6.45) is 15.3. The minimum atomic E-state index is -0.0544. The summed E-state index contributed by atoms with van der Waals surface area (Å²) in [5.41, 5.74) is 6.66. The van der Waals surface area contributed by atoms with Crippen molar-refractivity contribution in [2.45, 2.75) is 104 Å². The molecule has 0 radical (unpaired) electrons. The Balaban J connectivity index is 1.61. The van der Waals surface area contributed by atoms with Crippen LogP contribution in [0.5, 0.6) is 0 Å². The number of carbonyl (C=O) groups is 1. The van der Waals surface area contributed by atoms with Crippen molar-refractivity contribution in [3.8, 4) is 0 Å². The first-order valence-corrected chi connectivity index (χ1v) is 12.0. The number of hydrogen-bond acceptors (Lipinski definition) is 4. The van der Waals surface area contributed by atoms with Crippen LogP contribution in [0.2, 0.25) is 0 Å². The maximum atomic E-state index is 13.3. The summed E-state index contributed by atoms with van der Waals surface area (Å²) in [4.78, 5) is 15.7. The molecule has 2 fully saturated rings. The second-order valence-electron chi connectivity index (χ2n) is 10.9. The standard InChI is InChI=1S/C24H44N4O/c1-18-10-9-13-20(14-18)26-27-23(29)21-15-22(24(2,3)4)25-17-28(21)16-19-11-7-5-6-8-12-19/h5,7,18-22,25-26H,6,8-17H2,1-4H3,(H,27,29). The van der Waals surface area contributed by atoms with Crippen LogP contribution < -0.4 is 16.2 Å². The number of amides is 1. The Bertz CT molecular complexity index is 556. The minimum absolute atomic E-state index is 0.0544. The predicted octanol–water partition coefficient (Wildman–Crippen LogP) is 3.97. The molecule has 5 heteroatoms. The lowest BCUT2D eigenvalue weighted by Crippen LogP contribution is -2.63. The first kappa shape index (κ1) is 22.8. The minimum Gasteiger partial charge on any atom is -0.301 e. The van der Waals surface area contributed by atoms with Gasteiger partial charge in [-0.1, -0.05) is 52.7 Å². The molecule has 1 aliphatic heterocycles. The van der Waals surface area contributed by atoms with Crippen LogP contribution in [-0.4, -0.2) is 42.1 Å². The van der Waals surface area contributed by atoms with E-state index in [1.165, 1.54) is 38.5 Å². The van der Waals surface area contributed by atoms with Crippen LogP contribution in [0.15, 0.2) is 12.2 Å². The summed E-state index contributed by atoms with van der Waals surface area (Å²) in [6, 6.07) is 0.725. The highest BCUT2D eigenvalue weighted by Gasteiger charge is 2.38. The van der Waals surface area contributed by atoms with Crippen LogP contribution in [-0.2, 0) is 4.79 Å². The summed E-state index contributed by atoms with van der Waals surface area (Å²) in [5.74, 6) is 1.56. The van der Waals surface area contributed by atoms with Crippen LogP contribution in [0.4, 0.5) is 0 Å². The molecule has 1 heterocycles. The van der Waals surface area contributed by atoms with Crippen molar-refractivity contribution in [3.05, 3.63) is 12.2 Å². The van der Waals surface area contributed by atoms with Crippen LogP contribution in [0.3, 0.4) is 0 Å². The van der Waals surface area contributed by atoms with Crippen LogP contribution in [0.1, 0.15) is 85.5 Å². The van der Waals surface area contributed by atoms with Gasteiger partial charge in [-0.05, 0) is 62.2 Å². The largest absolute Gasteiger partial charge is 0.301 e. The Morgan fingerprint density at radius 1 is 1.14 bits per heavy atom. The zero-order valence-corrected chi connectivity index (χ0v) is 19.2. The fraction of sp³-hybridized carbons (Fsp3) is 0.875. The maximum Gasteiger partial charge on any atom is 0.251 e. The molecule has 3 aliphatic rings. The van der Waals surface area contributed by atoms with Crippen molar-refractivity contribution < 1.29 is 4.79 Å². The van der Waals surface area contributed by atoms with Crippen molar-refractivity contribution in [3.63, 3.8) is 0 Å². The molecule has 5 nitrogen and oxygen atoms in total. The van der Waals surface area contributed by atoms with E-state index in [0.717, 1.165) is 38.4 Å². The fourth-order valence-electron chi connectivity index (χ4n) is 5.29. The van der Waals surface area contributed by atoms with Crippen molar-refractivity contribution in [1.82, 2.24) is 21.1 Å². The Labute approximate surface area is 178 Å². The molecule has 0 aromatic rings. The molecule has 1 saturated heterocycles. The highest BCUT2D eigenvalue weighted by Crippen LogP contribution is 2.29. The van der Waals surface area contributed by atoms with E-state index in [0.29, 0.717) is 18.0 Å². The zero-order valence-electron chi connectivity index (χ0n) is 19.2. The predicted molar refractivity (Wildman–Crippen MR) is 120 cm³/mol. The van der Waals surface area contributed by atoms with Gasteiger partial charge in [0.05, 0.1) is 6.04 Å². The summed E-state index contributed by atoms with van der Waals surface area (Å²) in [5, 5.41) is 3.72. The van der Waals surface area contributed by atoms with Gasteiger partial charge >= 0.3 is 0 Å². The molecular weight excluding hydrogens is 360 g/mol. The SMILES string of the molecule is CC1CCCC(NNC(=O)C2CC(C(C)(C)C)NCN2CC2CC=CCCC2)C1. The smallest absolute Gasteiger partial charge is 0.251 e. The molecule has 0 bridgehead atoms. The molecule has 1 saturated carbocycles. The van der Waals surface area contributed by atoms with Gasteiger partial charge < -0.3 is 5.32 Å². The molecule has 5 atom stereocenters. The monoisotopic (exact) mass is 404 g/mol. The molecule has 166 valence electrons. The third-order valence-electron chi connectivity index (χ3n) is 7.24. The van der Waals surface area contributed by atoms with Crippen molar-refractivity contribution in [2.75, 3.05) is 13.2 Å². The number of nitrogens with zero attached hydrogens (tertiary/aromatic N) is 1. The fourth-order valence-corrected chi connectivity index (χ4v) is 5.29. The molecule has 3 N–H and O–H groups in total. The number of hydrogen-bond donors (Lipinski definition) is 3. The summed E-state index contributed by atoms with van der Waals surface area (Å²) in [7, 11) is 0. The average molecular weight is 405 g/mol. The van der Waals surface area contributed by atoms with Gasteiger partial charge in [0.15, 0.2) is 0 Å². The topological polar surface area (TPSA) is 56.4 Å². The first-order valence-electron chi connectivity index (χ1n) is 12.0. The van der Waals surface area contributed by atoms with Gasteiger partial charge in [0.1, 0.15) is 0 Å². The van der Waals surface area contributed by atoms with Gasteiger partial charge in [-0.25, -0.2) is 5.43 Å². The van der Waals surface area contributed by atoms with Gasteiger partial charge in [-0.3, -0.25) is 15.1 Å². The molecule has 5 unspecified atom stereocenters. The van der Waals surface area contributed by atoms with E-state index in [1.807, 2.05) is 0 Å². The van der Waals surface area contributed by atoms with E-state index in [9.17, 15) is 4.79 Å². The number of carbonyl (C=O) groups excluding carboxylic acids is 1. The molecule has 0 aromatic carbocycles. The first-order chi connectivity index (χ1) is 13.8. The van der Waals surface area contributed by atoms with Crippen LogP contribution in [0, 0.1) is 17.3 Å². The highest BCUT2D eigenvalue weighted by atomic mass is 16.2. The Morgan fingerprint density at radius 2 is 1.97 bits per heavy atom. The van der Waals surface area contributed by atoms with Gasteiger partial charge in [0.25, 0.3) is 5.91 Å². The van der Waals surface area contributed by atoms with E-state index < -0.39 is 0 Å². The average Bonchev–Trinajstić information content (AvgIpc) is 2.94. The zero-order chi connectivity index (χ0) is 20.9. The van der Waals surface area contributed by atoms with E-state index in [-0.39, 0.29) is 17.4 Å². The van der Waals surface area contributed by atoms with Gasteiger partial charge in [0, 0.05) is 25.3 Å². The summed E-state index contributed by atoms with van der Waals surface area (Å²) >= 11 is 0. The third-order valence-corrected chi connectivity index (χ3v) is 7.24. The third kappa shape index (κ3) is 6.80. The molecule has 2 aliphatic carbocycles. The lowest BCUT2D eigenvalue weighted by molar-refractivity contribution is -0.130. The Hall–Kier alpha value is -0.910. The normalized spacial score (nSPS) is 34.6. The van der Waals surface area contributed by atoms with E-state index >= 15 is 0 Å². The lowest BCUT2D eigenvalue weighted by atomic mass is 9.81. The molecule has 1 amide bonds. The van der Waals surface area contributed by atoms with E-state index in [2.05, 4.69) is 60.9 Å². The summed E-state index contributed by atoms with van der Waals surface area (Å²) < 4.78 is 0. The Morgan fingerprint density at radius 3 is 2.72 bits per heavy atom. The van der Waals surface area contributed by atoms with E-state index in [1.54, 1.807) is 0 Å².